The Morgan fingerprint density at radius 1 is 1.29 bits per heavy atom. The van der Waals surface area contributed by atoms with Crippen LogP contribution in [0.25, 0.3) is 5.70 Å². The summed E-state index contributed by atoms with van der Waals surface area (Å²) in [6.45, 7) is 8.62. The van der Waals surface area contributed by atoms with Gasteiger partial charge in [-0.25, -0.2) is 0 Å². The molecule has 3 rings (SSSR count). The first-order valence-corrected chi connectivity index (χ1v) is 8.62. The molecule has 1 saturated heterocycles. The number of piperidine rings is 1. The summed E-state index contributed by atoms with van der Waals surface area (Å²) in [4.78, 5) is 25.5. The lowest BCUT2D eigenvalue weighted by atomic mass is 10.0. The van der Waals surface area contributed by atoms with Gasteiger partial charge in [0, 0.05) is 24.2 Å². The van der Waals surface area contributed by atoms with Gasteiger partial charge < -0.3 is 4.90 Å². The number of amides is 2. The van der Waals surface area contributed by atoms with Crippen LogP contribution in [0, 0.1) is 0 Å². The molecule has 126 valence electrons. The lowest BCUT2D eigenvalue weighted by Gasteiger charge is -2.31. The van der Waals surface area contributed by atoms with E-state index < -0.39 is 0 Å². The number of nitrogens with zero attached hydrogens (tertiary/aromatic N) is 1. The molecule has 1 aromatic carbocycles. The van der Waals surface area contributed by atoms with Crippen molar-refractivity contribution in [3.63, 3.8) is 0 Å². The zero-order chi connectivity index (χ0) is 17.1. The number of fused-ring (bicyclic) bond motifs is 1. The third-order valence-electron chi connectivity index (χ3n) is 4.88. The van der Waals surface area contributed by atoms with Crippen LogP contribution in [-0.2, 0) is 22.6 Å². The lowest BCUT2D eigenvalue weighted by Crippen LogP contribution is -2.50. The van der Waals surface area contributed by atoms with Crippen molar-refractivity contribution in [2.75, 3.05) is 0 Å². The number of allylic oxidation sites excluding steroid dienone is 1. The van der Waals surface area contributed by atoms with Crippen LogP contribution in [0.1, 0.15) is 48.8 Å². The first-order valence-electron chi connectivity index (χ1n) is 8.62. The van der Waals surface area contributed by atoms with Gasteiger partial charge in [-0.2, -0.15) is 0 Å². The number of nitrogens with one attached hydrogen (secondary N) is 1. The van der Waals surface area contributed by atoms with Gasteiger partial charge in [0.15, 0.2) is 0 Å². The first-order chi connectivity index (χ1) is 11.6. The number of rotatable bonds is 6. The van der Waals surface area contributed by atoms with Gasteiger partial charge in [-0.3, -0.25) is 14.9 Å². The second-order valence-corrected chi connectivity index (χ2v) is 6.57. The molecule has 4 heteroatoms. The van der Waals surface area contributed by atoms with Crippen molar-refractivity contribution in [3.8, 4) is 0 Å². The van der Waals surface area contributed by atoms with Crippen molar-refractivity contribution >= 4 is 17.5 Å². The number of carbonyl (C=O) groups excluding carboxylic acids is 2. The lowest BCUT2D eigenvalue weighted by molar-refractivity contribution is -0.136. The molecule has 2 heterocycles. The molecule has 2 aliphatic rings. The summed E-state index contributed by atoms with van der Waals surface area (Å²) >= 11 is 0. The molecule has 0 radical (unpaired) electrons. The number of benzene rings is 1. The minimum absolute atomic E-state index is 0.180. The van der Waals surface area contributed by atoms with E-state index in [1.807, 2.05) is 11.0 Å². The molecule has 1 atom stereocenters. The highest BCUT2D eigenvalue weighted by atomic mass is 16.2. The molecule has 0 bridgehead atoms. The predicted molar refractivity (Wildman–Crippen MR) is 94.9 cm³/mol. The van der Waals surface area contributed by atoms with E-state index in [1.165, 1.54) is 11.1 Å². The Bertz CT molecular complexity index is 693. The average Bonchev–Trinajstić information content (AvgIpc) is 2.88. The van der Waals surface area contributed by atoms with Crippen LogP contribution >= 0.6 is 0 Å². The molecule has 0 spiro atoms. The summed E-state index contributed by atoms with van der Waals surface area (Å²) in [6.07, 6.45) is 7.36. The Kier molecular flexibility index (Phi) is 4.84. The molecule has 1 N–H and O–H groups in total. The van der Waals surface area contributed by atoms with Gasteiger partial charge in [0.25, 0.3) is 0 Å². The van der Waals surface area contributed by atoms with E-state index in [-0.39, 0.29) is 17.9 Å². The third-order valence-corrected chi connectivity index (χ3v) is 4.88. The molecule has 4 nitrogen and oxygen atoms in total. The number of unbranched alkanes of at least 4 members (excludes halogenated alkanes) is 2. The van der Waals surface area contributed by atoms with Gasteiger partial charge in [0.05, 0.1) is 0 Å². The van der Waals surface area contributed by atoms with E-state index in [1.54, 1.807) is 0 Å². The Hall–Kier alpha value is -2.36. The highest BCUT2D eigenvalue weighted by Crippen LogP contribution is 2.35. The first kappa shape index (κ1) is 16.5. The van der Waals surface area contributed by atoms with Crippen LogP contribution in [0.15, 0.2) is 37.4 Å². The van der Waals surface area contributed by atoms with Gasteiger partial charge in [-0.05, 0) is 43.2 Å². The minimum Gasteiger partial charge on any atom is -0.355 e. The predicted octanol–water partition coefficient (Wildman–Crippen LogP) is 3.18. The molecule has 2 aliphatic heterocycles. The standard InChI is InChI=1S/C20H24N2O2/c1-3-4-5-6-7-15-8-9-17-14(2)22(13-16(17)12-15)18-10-11-19(23)21-20(18)24/h3,8-9,12,18H,1-2,4-7,10-11,13H2,(H,21,23,24). The van der Waals surface area contributed by atoms with Gasteiger partial charge in [-0.1, -0.05) is 30.9 Å². The number of hydrogen-bond donors (Lipinski definition) is 1. The van der Waals surface area contributed by atoms with Crippen LogP contribution < -0.4 is 5.32 Å². The smallest absolute Gasteiger partial charge is 0.249 e. The average molecular weight is 324 g/mol. The monoisotopic (exact) mass is 324 g/mol. The molecule has 0 aliphatic carbocycles. The fraction of sp³-hybridized carbons (Fsp3) is 0.400. The maximum atomic E-state index is 12.1. The molecule has 1 fully saturated rings. The second-order valence-electron chi connectivity index (χ2n) is 6.57. The van der Waals surface area contributed by atoms with Gasteiger partial charge in [-0.15, -0.1) is 6.58 Å². The highest BCUT2D eigenvalue weighted by molar-refractivity contribution is 6.01. The van der Waals surface area contributed by atoms with Crippen LogP contribution in [-0.4, -0.2) is 22.8 Å². The molecule has 2 amide bonds. The number of carbonyl (C=O) groups is 2. The summed E-state index contributed by atoms with van der Waals surface area (Å²) in [5.41, 5.74) is 4.56. The van der Waals surface area contributed by atoms with Crippen LogP contribution in [0.5, 0.6) is 0 Å². The maximum Gasteiger partial charge on any atom is 0.249 e. The van der Waals surface area contributed by atoms with Gasteiger partial charge in [0.2, 0.25) is 11.8 Å². The molecular weight excluding hydrogens is 300 g/mol. The van der Waals surface area contributed by atoms with Crippen LogP contribution in [0.2, 0.25) is 0 Å². The third kappa shape index (κ3) is 3.28. The normalized spacial score (nSPS) is 20.1. The van der Waals surface area contributed by atoms with Crippen LogP contribution in [0.3, 0.4) is 0 Å². The fourth-order valence-electron chi connectivity index (χ4n) is 3.54. The molecule has 24 heavy (non-hydrogen) atoms. The van der Waals surface area contributed by atoms with Crippen molar-refractivity contribution < 1.29 is 9.59 Å². The largest absolute Gasteiger partial charge is 0.355 e. The summed E-state index contributed by atoms with van der Waals surface area (Å²) in [5.74, 6) is -0.384. The zero-order valence-electron chi connectivity index (χ0n) is 14.0. The van der Waals surface area contributed by atoms with Crippen molar-refractivity contribution in [2.45, 2.75) is 51.1 Å². The summed E-state index contributed by atoms with van der Waals surface area (Å²) in [7, 11) is 0. The molecular formula is C20H24N2O2. The van der Waals surface area contributed by atoms with E-state index in [0.717, 1.165) is 36.9 Å². The fourth-order valence-corrected chi connectivity index (χ4v) is 3.54. The van der Waals surface area contributed by atoms with Gasteiger partial charge in [0.1, 0.15) is 6.04 Å². The van der Waals surface area contributed by atoms with E-state index in [9.17, 15) is 9.59 Å². The van der Waals surface area contributed by atoms with E-state index in [0.29, 0.717) is 19.4 Å². The number of hydrogen-bond acceptors (Lipinski definition) is 3. The quantitative estimate of drug-likeness (QED) is 0.497. The molecule has 1 unspecified atom stereocenters. The Morgan fingerprint density at radius 2 is 2.12 bits per heavy atom. The van der Waals surface area contributed by atoms with E-state index >= 15 is 0 Å². The number of aryl methyl sites for hydroxylation is 1. The Labute approximate surface area is 143 Å². The summed E-state index contributed by atoms with van der Waals surface area (Å²) < 4.78 is 0. The van der Waals surface area contributed by atoms with Crippen molar-refractivity contribution in [3.05, 3.63) is 54.1 Å². The molecule has 1 aromatic rings. The van der Waals surface area contributed by atoms with E-state index in [2.05, 4.69) is 36.7 Å². The Balaban J connectivity index is 1.69. The summed E-state index contributed by atoms with van der Waals surface area (Å²) in [5, 5.41) is 2.44. The topological polar surface area (TPSA) is 49.4 Å². The molecule has 0 aromatic heterocycles. The van der Waals surface area contributed by atoms with Gasteiger partial charge >= 0.3 is 0 Å². The van der Waals surface area contributed by atoms with Crippen LogP contribution in [0.4, 0.5) is 0 Å². The Morgan fingerprint density at radius 3 is 2.88 bits per heavy atom. The minimum atomic E-state index is -0.293. The maximum absolute atomic E-state index is 12.1. The van der Waals surface area contributed by atoms with Crippen molar-refractivity contribution in [2.24, 2.45) is 0 Å². The van der Waals surface area contributed by atoms with Crippen molar-refractivity contribution in [1.82, 2.24) is 10.2 Å². The highest BCUT2D eigenvalue weighted by Gasteiger charge is 2.36. The SMILES string of the molecule is C=CCCCCc1ccc2c(c1)CN(C1CCC(=O)NC1=O)C2=C. The number of imide groups is 1. The second kappa shape index (κ2) is 7.04. The molecule has 0 saturated carbocycles. The van der Waals surface area contributed by atoms with E-state index in [4.69, 9.17) is 0 Å². The van der Waals surface area contributed by atoms with Crippen molar-refractivity contribution in [1.29, 1.82) is 0 Å². The summed E-state index contributed by atoms with van der Waals surface area (Å²) in [6, 6.07) is 6.22. The zero-order valence-corrected chi connectivity index (χ0v) is 14.0.